The highest BCUT2D eigenvalue weighted by Gasteiger charge is 2.29. The molecule has 1 aliphatic heterocycles. The number of nitrogens with zero attached hydrogens (tertiary/aromatic N) is 2. The number of aliphatic hydroxyl groups is 1. The zero-order chi connectivity index (χ0) is 13.9. The molecular formula is C11H20N4O3S. The first-order valence-corrected chi connectivity index (χ1v) is 7.96. The van der Waals surface area contributed by atoms with Crippen molar-refractivity contribution in [3.8, 4) is 0 Å². The van der Waals surface area contributed by atoms with Crippen molar-refractivity contribution in [2.24, 2.45) is 0 Å². The number of aliphatic hydroxyl groups excluding tert-OH is 1. The maximum atomic E-state index is 12.3. The highest BCUT2D eigenvalue weighted by molar-refractivity contribution is 7.89. The van der Waals surface area contributed by atoms with Gasteiger partial charge in [-0.1, -0.05) is 6.92 Å². The Labute approximate surface area is 113 Å². The molecule has 1 fully saturated rings. The molecule has 2 unspecified atom stereocenters. The molecule has 0 bridgehead atoms. The van der Waals surface area contributed by atoms with Gasteiger partial charge >= 0.3 is 0 Å². The van der Waals surface area contributed by atoms with Crippen molar-refractivity contribution in [2.45, 2.75) is 43.5 Å². The lowest BCUT2D eigenvalue weighted by atomic mass is 10.1. The minimum Gasteiger partial charge on any atom is -0.391 e. The maximum Gasteiger partial charge on any atom is 0.258 e. The minimum atomic E-state index is -3.65. The molecule has 108 valence electrons. The Hall–Kier alpha value is -0.960. The van der Waals surface area contributed by atoms with E-state index in [2.05, 4.69) is 15.1 Å². The Balaban J connectivity index is 2.15. The molecule has 7 nitrogen and oxygen atoms in total. The molecule has 2 atom stereocenters. The van der Waals surface area contributed by atoms with E-state index in [1.807, 2.05) is 6.92 Å². The van der Waals surface area contributed by atoms with Crippen molar-refractivity contribution >= 4 is 10.0 Å². The van der Waals surface area contributed by atoms with Gasteiger partial charge < -0.3 is 10.4 Å². The molecule has 8 heteroatoms. The van der Waals surface area contributed by atoms with Crippen LogP contribution in [0.15, 0.2) is 17.3 Å². The molecule has 19 heavy (non-hydrogen) atoms. The Morgan fingerprint density at radius 1 is 1.63 bits per heavy atom. The second-order valence-electron chi connectivity index (χ2n) is 4.68. The molecule has 0 radical (unpaired) electrons. The van der Waals surface area contributed by atoms with Crippen molar-refractivity contribution in [3.05, 3.63) is 12.3 Å². The summed E-state index contributed by atoms with van der Waals surface area (Å²) >= 11 is 0. The molecule has 0 aromatic carbocycles. The van der Waals surface area contributed by atoms with Crippen LogP contribution >= 0.6 is 0 Å². The molecule has 2 heterocycles. The second-order valence-corrected chi connectivity index (χ2v) is 6.34. The summed E-state index contributed by atoms with van der Waals surface area (Å²) in [7, 11) is -3.65. The van der Waals surface area contributed by atoms with E-state index in [9.17, 15) is 13.5 Å². The van der Waals surface area contributed by atoms with Crippen LogP contribution in [-0.4, -0.2) is 48.5 Å². The Bertz CT molecular complexity index is 514. The zero-order valence-electron chi connectivity index (χ0n) is 10.9. The number of sulfonamides is 1. The van der Waals surface area contributed by atoms with E-state index in [0.717, 1.165) is 6.42 Å². The second kappa shape index (κ2) is 6.00. The summed E-state index contributed by atoms with van der Waals surface area (Å²) in [5.74, 6) is 0. The van der Waals surface area contributed by atoms with E-state index in [0.29, 0.717) is 26.1 Å². The molecule has 0 aliphatic carbocycles. The van der Waals surface area contributed by atoms with Gasteiger partial charge in [-0.15, -0.1) is 0 Å². The predicted octanol–water partition coefficient (Wildman–Crippen LogP) is -0.706. The average Bonchev–Trinajstić information content (AvgIpc) is 2.81. The summed E-state index contributed by atoms with van der Waals surface area (Å²) in [6.45, 7) is 3.64. The summed E-state index contributed by atoms with van der Waals surface area (Å²) in [5.41, 5.74) is 0. The van der Waals surface area contributed by atoms with Crippen LogP contribution in [0.1, 0.15) is 19.8 Å². The third-order valence-electron chi connectivity index (χ3n) is 3.14. The molecule has 0 saturated carbocycles. The topological polar surface area (TPSA) is 96.2 Å². The van der Waals surface area contributed by atoms with Crippen LogP contribution in [0.2, 0.25) is 0 Å². The number of hydrogen-bond acceptors (Lipinski definition) is 5. The first-order valence-electron chi connectivity index (χ1n) is 6.47. The number of piperidine rings is 1. The van der Waals surface area contributed by atoms with E-state index in [1.54, 1.807) is 0 Å². The lowest BCUT2D eigenvalue weighted by Gasteiger charge is -2.28. The highest BCUT2D eigenvalue weighted by atomic mass is 32.2. The number of aryl methyl sites for hydroxylation is 1. The Morgan fingerprint density at radius 3 is 3.11 bits per heavy atom. The van der Waals surface area contributed by atoms with Crippen LogP contribution < -0.4 is 10.0 Å². The SMILES string of the molecule is CCCn1nccc1S(=O)(=O)NC1CNCCC1O. The molecule has 1 aromatic heterocycles. The molecule has 1 saturated heterocycles. The van der Waals surface area contributed by atoms with Crippen LogP contribution in [0.5, 0.6) is 0 Å². The number of nitrogens with one attached hydrogen (secondary N) is 2. The van der Waals surface area contributed by atoms with Crippen molar-refractivity contribution in [1.29, 1.82) is 0 Å². The van der Waals surface area contributed by atoms with Crippen molar-refractivity contribution < 1.29 is 13.5 Å². The van der Waals surface area contributed by atoms with E-state index >= 15 is 0 Å². The fourth-order valence-corrected chi connectivity index (χ4v) is 3.57. The predicted molar refractivity (Wildman–Crippen MR) is 70.1 cm³/mol. The molecule has 3 N–H and O–H groups in total. The van der Waals surface area contributed by atoms with Gasteiger partial charge in [0.05, 0.1) is 18.3 Å². The van der Waals surface area contributed by atoms with Crippen LogP contribution in [0.4, 0.5) is 0 Å². The molecule has 1 aliphatic rings. The van der Waals surface area contributed by atoms with Gasteiger partial charge in [-0.2, -0.15) is 5.10 Å². The lowest BCUT2D eigenvalue weighted by molar-refractivity contribution is 0.109. The molecule has 0 spiro atoms. The normalized spacial score (nSPS) is 24.5. The van der Waals surface area contributed by atoms with E-state index in [4.69, 9.17) is 0 Å². The van der Waals surface area contributed by atoms with Crippen LogP contribution in [0, 0.1) is 0 Å². The minimum absolute atomic E-state index is 0.145. The van der Waals surface area contributed by atoms with Gasteiger partial charge in [0.25, 0.3) is 10.0 Å². The van der Waals surface area contributed by atoms with Gasteiger partial charge in [0.1, 0.15) is 0 Å². The fraction of sp³-hybridized carbons (Fsp3) is 0.727. The van der Waals surface area contributed by atoms with Crippen molar-refractivity contribution in [1.82, 2.24) is 19.8 Å². The average molecular weight is 288 g/mol. The van der Waals surface area contributed by atoms with Gasteiger partial charge in [-0.3, -0.25) is 4.68 Å². The maximum absolute atomic E-state index is 12.3. The van der Waals surface area contributed by atoms with Crippen molar-refractivity contribution in [3.63, 3.8) is 0 Å². The van der Waals surface area contributed by atoms with Crippen molar-refractivity contribution in [2.75, 3.05) is 13.1 Å². The Kier molecular flexibility index (Phi) is 4.56. The van der Waals surface area contributed by atoms with Crippen LogP contribution in [0.3, 0.4) is 0 Å². The summed E-state index contributed by atoms with van der Waals surface area (Å²) in [6.07, 6.45) is 2.16. The monoisotopic (exact) mass is 288 g/mol. The summed E-state index contributed by atoms with van der Waals surface area (Å²) in [4.78, 5) is 0. The molecular weight excluding hydrogens is 268 g/mol. The van der Waals surface area contributed by atoms with E-state index in [-0.39, 0.29) is 5.03 Å². The lowest BCUT2D eigenvalue weighted by Crippen LogP contribution is -2.53. The summed E-state index contributed by atoms with van der Waals surface area (Å²) < 4.78 is 28.6. The zero-order valence-corrected chi connectivity index (χ0v) is 11.7. The quantitative estimate of drug-likeness (QED) is 0.665. The van der Waals surface area contributed by atoms with Gasteiger partial charge in [-0.25, -0.2) is 13.1 Å². The van der Waals surface area contributed by atoms with Gasteiger partial charge in [0.15, 0.2) is 5.03 Å². The van der Waals surface area contributed by atoms with Gasteiger partial charge in [0, 0.05) is 13.1 Å². The number of rotatable bonds is 5. The van der Waals surface area contributed by atoms with Gasteiger partial charge in [-0.05, 0) is 25.5 Å². The largest absolute Gasteiger partial charge is 0.391 e. The summed E-state index contributed by atoms with van der Waals surface area (Å²) in [6, 6.07) is 0.976. The third-order valence-corrected chi connectivity index (χ3v) is 4.65. The molecule has 0 amide bonds. The van der Waals surface area contributed by atoms with E-state index in [1.165, 1.54) is 16.9 Å². The third kappa shape index (κ3) is 3.33. The van der Waals surface area contributed by atoms with Crippen LogP contribution in [0.25, 0.3) is 0 Å². The first-order chi connectivity index (χ1) is 9.04. The smallest absolute Gasteiger partial charge is 0.258 e. The number of hydrogen-bond donors (Lipinski definition) is 3. The highest BCUT2D eigenvalue weighted by Crippen LogP contribution is 2.12. The molecule has 2 rings (SSSR count). The Morgan fingerprint density at radius 2 is 2.42 bits per heavy atom. The fourth-order valence-electron chi connectivity index (χ4n) is 2.15. The van der Waals surface area contributed by atoms with Crippen LogP contribution in [-0.2, 0) is 16.6 Å². The summed E-state index contributed by atoms with van der Waals surface area (Å²) in [5, 5.41) is 17.0. The molecule has 1 aromatic rings. The van der Waals surface area contributed by atoms with Gasteiger partial charge in [0.2, 0.25) is 0 Å². The first kappa shape index (κ1) is 14.4. The number of aromatic nitrogens is 2. The standard InChI is InChI=1S/C11H20N4O3S/c1-2-7-15-11(4-6-13-15)19(17,18)14-9-8-12-5-3-10(9)16/h4,6,9-10,12,14,16H,2-3,5,7-8H2,1H3. The van der Waals surface area contributed by atoms with E-state index < -0.39 is 22.2 Å².